The van der Waals surface area contributed by atoms with Crippen molar-refractivity contribution in [3.05, 3.63) is 0 Å². The average Bonchev–Trinajstić information content (AvgIpc) is 2.08. The van der Waals surface area contributed by atoms with Gasteiger partial charge in [-0.15, -0.1) is 0 Å². The molecule has 3 radical (unpaired) electrons. The summed E-state index contributed by atoms with van der Waals surface area (Å²) in [5.74, 6) is 0. The van der Waals surface area contributed by atoms with Gasteiger partial charge >= 0.3 is 0 Å². The summed E-state index contributed by atoms with van der Waals surface area (Å²) in [6, 6.07) is 0. The van der Waals surface area contributed by atoms with Gasteiger partial charge in [0, 0.05) is 24.4 Å². The Morgan fingerprint density at radius 3 is 1.87 bits per heavy atom. The second-order valence-electron chi connectivity index (χ2n) is 2.70. The Balaban J connectivity index is -0.000000480. The summed E-state index contributed by atoms with van der Waals surface area (Å²) in [6.07, 6.45) is -4.83. The molecular weight excluding hydrogens is 330 g/mol. The van der Waals surface area contributed by atoms with E-state index in [-0.39, 0.29) is 39.3 Å². The van der Waals surface area contributed by atoms with Crippen molar-refractivity contribution in [2.75, 3.05) is 6.61 Å². The summed E-state index contributed by atoms with van der Waals surface area (Å²) in [7, 11) is 0. The van der Waals surface area contributed by atoms with Crippen LogP contribution in [0.4, 0.5) is 0 Å². The molecule has 0 aromatic heterocycles. The fraction of sp³-hybridized carbons (Fsp3) is 1.00. The Morgan fingerprint density at radius 2 is 1.47 bits per heavy atom. The van der Waals surface area contributed by atoms with E-state index < -0.39 is 36.5 Å². The normalized spacial score (nSPS) is 39.4. The fourth-order valence-corrected chi connectivity index (χ4v) is 1.37. The van der Waals surface area contributed by atoms with Crippen molar-refractivity contribution in [2.24, 2.45) is 0 Å². The Hall–Kier alpha value is 0.968. The van der Waals surface area contributed by atoms with Gasteiger partial charge in [0.05, 0.1) is 12.7 Å². The minimum absolute atomic E-state index is 0. The average molecular weight is 349 g/mol. The molecule has 1 fully saturated rings. The van der Waals surface area contributed by atoms with Crippen LogP contribution in [0, 0.1) is 0 Å². The maximum absolute atomic E-state index is 9.18. The number of aliphatic hydroxyl groups is 4. The van der Waals surface area contributed by atoms with Gasteiger partial charge < -0.3 is 37.8 Å². The first-order valence-electron chi connectivity index (χ1n) is 3.54. The van der Waals surface area contributed by atoms with Crippen molar-refractivity contribution >= 4 is 37.1 Å². The van der Waals surface area contributed by atoms with E-state index in [0.29, 0.717) is 0 Å². The third kappa shape index (κ3) is 4.77. The maximum atomic E-state index is 9.18. The SMILES string of the molecule is C.C.OCC1OC([S-])C(O)C(O)C1O.[Sb]. The van der Waals surface area contributed by atoms with Gasteiger partial charge in [0.2, 0.25) is 0 Å². The molecule has 4 N–H and O–H groups in total. The molecule has 15 heavy (non-hydrogen) atoms. The summed E-state index contributed by atoms with van der Waals surface area (Å²) < 4.78 is 4.84. The Kier molecular flexibility index (Phi) is 12.8. The summed E-state index contributed by atoms with van der Waals surface area (Å²) in [4.78, 5) is 0. The van der Waals surface area contributed by atoms with Gasteiger partial charge in [-0.25, -0.2) is 0 Å². The second-order valence-corrected chi connectivity index (χ2v) is 3.16. The molecule has 0 aromatic carbocycles. The van der Waals surface area contributed by atoms with Crippen molar-refractivity contribution in [2.45, 2.75) is 44.7 Å². The first kappa shape index (κ1) is 21.3. The molecule has 5 unspecified atom stereocenters. The van der Waals surface area contributed by atoms with Crippen LogP contribution in [0.5, 0.6) is 0 Å². The number of hydrogen-bond acceptors (Lipinski definition) is 6. The van der Waals surface area contributed by atoms with Crippen molar-refractivity contribution in [3.8, 4) is 0 Å². The zero-order valence-corrected chi connectivity index (χ0v) is 10.0. The van der Waals surface area contributed by atoms with E-state index in [9.17, 15) is 5.11 Å². The largest absolute Gasteiger partial charge is 0.759 e. The van der Waals surface area contributed by atoms with E-state index in [0.717, 1.165) is 0 Å². The summed E-state index contributed by atoms with van der Waals surface area (Å²) in [5, 5.41) is 36.1. The zero-order chi connectivity index (χ0) is 9.30. The molecule has 1 aliphatic heterocycles. The van der Waals surface area contributed by atoms with Gasteiger partial charge in [-0.2, -0.15) is 0 Å². The van der Waals surface area contributed by atoms with E-state index in [1.165, 1.54) is 0 Å². The van der Waals surface area contributed by atoms with Crippen LogP contribution in [-0.4, -0.2) is 81.3 Å². The zero-order valence-electron chi connectivity index (χ0n) is 6.65. The summed E-state index contributed by atoms with van der Waals surface area (Å²) >= 11 is 4.63. The van der Waals surface area contributed by atoms with Crippen LogP contribution in [0.15, 0.2) is 0 Å². The minimum atomic E-state index is -1.35. The van der Waals surface area contributed by atoms with Crippen LogP contribution in [0.2, 0.25) is 0 Å². The molecule has 1 saturated heterocycles. The molecule has 0 saturated carbocycles. The number of hydrogen-bond donors (Lipinski definition) is 4. The van der Waals surface area contributed by atoms with Gasteiger partial charge in [0.1, 0.15) is 18.3 Å². The molecule has 0 aliphatic carbocycles. The second kappa shape index (κ2) is 9.05. The van der Waals surface area contributed by atoms with E-state index in [1.807, 2.05) is 0 Å². The maximum Gasteiger partial charge on any atom is 0.111 e. The molecule has 1 heterocycles. The van der Waals surface area contributed by atoms with Crippen molar-refractivity contribution < 1.29 is 25.2 Å². The topological polar surface area (TPSA) is 90.2 Å². The quantitative estimate of drug-likeness (QED) is 0.331. The molecule has 5 atom stereocenters. The predicted octanol–water partition coefficient (Wildman–Crippen LogP) is -1.78. The van der Waals surface area contributed by atoms with Crippen LogP contribution < -0.4 is 0 Å². The van der Waals surface area contributed by atoms with Crippen molar-refractivity contribution in [1.82, 2.24) is 0 Å². The third-order valence-corrected chi connectivity index (χ3v) is 2.24. The van der Waals surface area contributed by atoms with Crippen LogP contribution in [0.1, 0.15) is 14.9 Å². The molecule has 0 aromatic rings. The molecule has 1 aliphatic rings. The van der Waals surface area contributed by atoms with Crippen LogP contribution in [-0.2, 0) is 17.4 Å². The van der Waals surface area contributed by atoms with E-state index in [2.05, 4.69) is 12.6 Å². The molecule has 1 rings (SSSR count). The molecule has 7 heteroatoms. The number of aliphatic hydroxyl groups excluding tert-OH is 4. The van der Waals surface area contributed by atoms with Crippen LogP contribution in [0.3, 0.4) is 0 Å². The van der Waals surface area contributed by atoms with Gasteiger partial charge in [0.15, 0.2) is 0 Å². The number of ether oxygens (including phenoxy) is 1. The smallest absolute Gasteiger partial charge is 0.111 e. The van der Waals surface area contributed by atoms with Crippen molar-refractivity contribution in [3.63, 3.8) is 0 Å². The first-order chi connectivity index (χ1) is 5.57. The van der Waals surface area contributed by atoms with Crippen LogP contribution >= 0.6 is 0 Å². The molecule has 0 spiro atoms. The molecule has 0 bridgehead atoms. The minimum Gasteiger partial charge on any atom is -0.759 e. The monoisotopic (exact) mass is 348 g/mol. The van der Waals surface area contributed by atoms with Crippen molar-refractivity contribution in [1.29, 1.82) is 0 Å². The van der Waals surface area contributed by atoms with Crippen LogP contribution in [0.25, 0.3) is 0 Å². The standard InChI is InChI=1S/C6H12O5S.2CH4.Sb/c7-1-2-3(8)4(9)5(10)6(12)11-2;;;/h2-10,12H,1H2;2*1H4;/p-1. The van der Waals surface area contributed by atoms with Gasteiger partial charge in [0.25, 0.3) is 0 Å². The van der Waals surface area contributed by atoms with E-state index in [1.54, 1.807) is 0 Å². The molecule has 93 valence electrons. The van der Waals surface area contributed by atoms with Gasteiger partial charge in [-0.1, -0.05) is 14.9 Å². The fourth-order valence-electron chi connectivity index (χ4n) is 1.07. The molecule has 0 amide bonds. The third-order valence-electron chi connectivity index (χ3n) is 1.85. The summed E-state index contributed by atoms with van der Waals surface area (Å²) in [5.41, 5.74) is -0.986. The summed E-state index contributed by atoms with van der Waals surface area (Å²) in [6.45, 7) is -0.432. The van der Waals surface area contributed by atoms with E-state index >= 15 is 0 Å². The predicted molar refractivity (Wildman–Crippen MR) is 60.3 cm³/mol. The Labute approximate surface area is 113 Å². The molecule has 5 nitrogen and oxygen atoms in total. The molecular formula is C8H19O5SSb-. The Morgan fingerprint density at radius 1 is 1.00 bits per heavy atom. The van der Waals surface area contributed by atoms with E-state index in [4.69, 9.17) is 20.1 Å². The first-order valence-corrected chi connectivity index (χ1v) is 4.01. The van der Waals surface area contributed by atoms with Gasteiger partial charge in [-0.3, -0.25) is 0 Å². The van der Waals surface area contributed by atoms with Gasteiger partial charge in [-0.05, 0) is 5.44 Å². The Bertz CT molecular complexity index is 157. The number of rotatable bonds is 1.